The maximum absolute atomic E-state index is 11.1. The molecule has 15 heavy (non-hydrogen) atoms. The molecule has 0 aliphatic heterocycles. The maximum atomic E-state index is 11.1. The minimum Gasteiger partial charge on any atom is -0.382 e. The number of nitrogens with one attached hydrogen (secondary N) is 1. The highest BCUT2D eigenvalue weighted by atomic mass is 16.1. The van der Waals surface area contributed by atoms with E-state index in [1.54, 1.807) is 4.90 Å². The van der Waals surface area contributed by atoms with Crippen LogP contribution in [0.3, 0.4) is 0 Å². The fourth-order valence-electron chi connectivity index (χ4n) is 1.26. The molecule has 0 aromatic heterocycles. The monoisotopic (exact) mass is 210 g/mol. The third-order valence-corrected chi connectivity index (χ3v) is 1.87. The van der Waals surface area contributed by atoms with Gasteiger partial charge in [-0.1, -0.05) is 6.58 Å². The van der Waals surface area contributed by atoms with Crippen molar-refractivity contribution in [2.24, 2.45) is 10.7 Å². The molecular weight excluding hydrogens is 192 g/mol. The highest BCUT2D eigenvalue weighted by molar-refractivity contribution is 5.87. The van der Waals surface area contributed by atoms with Gasteiger partial charge in [-0.2, -0.15) is 0 Å². The van der Waals surface area contributed by atoms with Crippen molar-refractivity contribution in [2.45, 2.75) is 13.0 Å². The van der Waals surface area contributed by atoms with Crippen LogP contribution in [0.15, 0.2) is 29.2 Å². The average molecular weight is 210 g/mol. The predicted octanol–water partition coefficient (Wildman–Crippen LogP) is 0.0671. The van der Waals surface area contributed by atoms with Crippen molar-refractivity contribution in [1.29, 1.82) is 0 Å². The molecule has 5 nitrogen and oxygen atoms in total. The summed E-state index contributed by atoms with van der Waals surface area (Å²) in [5.41, 5.74) is 6.38. The van der Waals surface area contributed by atoms with Gasteiger partial charge >= 0.3 is 0 Å². The van der Waals surface area contributed by atoms with Crippen LogP contribution in [-0.4, -0.2) is 37.7 Å². The number of nitrogens with two attached hydrogens (primary N) is 1. The van der Waals surface area contributed by atoms with Gasteiger partial charge in [0.1, 0.15) is 5.82 Å². The molecule has 0 rings (SSSR count). The van der Waals surface area contributed by atoms with Crippen molar-refractivity contribution >= 4 is 12.6 Å². The summed E-state index contributed by atoms with van der Waals surface area (Å²) in [5, 5.41) is 2.70. The Morgan fingerprint density at radius 2 is 2.13 bits per heavy atom. The van der Waals surface area contributed by atoms with Crippen LogP contribution in [0.25, 0.3) is 0 Å². The number of aliphatic imine (C=N–C) groups is 1. The second-order valence-electron chi connectivity index (χ2n) is 3.26. The summed E-state index contributed by atoms with van der Waals surface area (Å²) in [6.45, 7) is 8.54. The van der Waals surface area contributed by atoms with E-state index in [1.165, 1.54) is 6.08 Å². The number of amides is 1. The van der Waals surface area contributed by atoms with Crippen LogP contribution in [-0.2, 0) is 4.79 Å². The number of likely N-dealkylation sites (N-methyl/N-ethyl adjacent to an activating group) is 1. The van der Waals surface area contributed by atoms with E-state index in [4.69, 9.17) is 5.73 Å². The smallest absolute Gasteiger partial charge is 0.243 e. The lowest BCUT2D eigenvalue weighted by Crippen LogP contribution is -2.38. The fraction of sp³-hybridized carbons (Fsp3) is 0.400. The van der Waals surface area contributed by atoms with E-state index in [0.717, 1.165) is 0 Å². The van der Waals surface area contributed by atoms with Gasteiger partial charge in [0, 0.05) is 14.1 Å². The van der Waals surface area contributed by atoms with Gasteiger partial charge < -0.3 is 16.0 Å². The molecule has 0 aromatic carbocycles. The minimum atomic E-state index is -0.251. The zero-order valence-electron chi connectivity index (χ0n) is 9.45. The van der Waals surface area contributed by atoms with Crippen LogP contribution in [0.1, 0.15) is 6.92 Å². The Kier molecular flexibility index (Phi) is 5.15. The van der Waals surface area contributed by atoms with E-state index in [1.807, 2.05) is 21.0 Å². The fourth-order valence-corrected chi connectivity index (χ4v) is 1.26. The largest absolute Gasteiger partial charge is 0.382 e. The summed E-state index contributed by atoms with van der Waals surface area (Å²) in [6.07, 6.45) is 1.21. The van der Waals surface area contributed by atoms with Crippen LogP contribution < -0.4 is 11.1 Å². The maximum Gasteiger partial charge on any atom is 0.243 e. The molecule has 84 valence electrons. The summed E-state index contributed by atoms with van der Waals surface area (Å²) in [7, 11) is 3.65. The van der Waals surface area contributed by atoms with Crippen LogP contribution in [0.5, 0.6) is 0 Å². The molecule has 0 aliphatic rings. The number of rotatable bonds is 5. The standard InChI is InChI=1S/C10H18N4O/c1-6-8(15)13-7(2)9(14(4)5)10(11)12-3/h6-7H,1,3,11H2,2,4-5H3,(H,13,15)/b10-9+/t7-/m1/s1. The minimum absolute atomic E-state index is 0.240. The third-order valence-electron chi connectivity index (χ3n) is 1.87. The van der Waals surface area contributed by atoms with E-state index < -0.39 is 0 Å². The van der Waals surface area contributed by atoms with E-state index in [0.29, 0.717) is 11.5 Å². The van der Waals surface area contributed by atoms with Gasteiger partial charge in [0.25, 0.3) is 0 Å². The normalized spacial score (nSPS) is 13.5. The Labute approximate surface area is 90.4 Å². The Bertz CT molecular complexity index is 294. The average Bonchev–Trinajstić information content (AvgIpc) is 2.16. The van der Waals surface area contributed by atoms with Crippen molar-refractivity contribution in [3.63, 3.8) is 0 Å². The van der Waals surface area contributed by atoms with Gasteiger partial charge in [-0.15, -0.1) is 0 Å². The van der Waals surface area contributed by atoms with Crippen LogP contribution in [0, 0.1) is 0 Å². The second kappa shape index (κ2) is 5.85. The molecule has 0 spiro atoms. The van der Waals surface area contributed by atoms with Gasteiger partial charge in [0.2, 0.25) is 5.91 Å². The molecule has 0 aliphatic carbocycles. The number of hydrogen-bond acceptors (Lipinski definition) is 4. The number of nitrogens with zero attached hydrogens (tertiary/aromatic N) is 2. The molecule has 0 unspecified atom stereocenters. The van der Waals surface area contributed by atoms with Gasteiger partial charge in [-0.3, -0.25) is 4.79 Å². The molecule has 0 heterocycles. The molecule has 0 saturated heterocycles. The first-order chi connectivity index (χ1) is 6.93. The lowest BCUT2D eigenvalue weighted by molar-refractivity contribution is -0.116. The number of carbonyl (C=O) groups is 1. The SMILES string of the molecule is C=CC(=O)N[C@H](C)/C(=C(/N)N=C)N(C)C. The summed E-state index contributed by atoms with van der Waals surface area (Å²) >= 11 is 0. The summed E-state index contributed by atoms with van der Waals surface area (Å²) in [4.78, 5) is 16.5. The first-order valence-corrected chi connectivity index (χ1v) is 4.50. The molecule has 1 amide bonds. The Morgan fingerprint density at radius 1 is 1.60 bits per heavy atom. The molecule has 1 atom stereocenters. The van der Waals surface area contributed by atoms with Crippen LogP contribution in [0.4, 0.5) is 0 Å². The molecular formula is C10H18N4O. The molecule has 0 aromatic rings. The zero-order chi connectivity index (χ0) is 12.0. The molecule has 0 fully saturated rings. The second-order valence-corrected chi connectivity index (χ2v) is 3.26. The first kappa shape index (κ1) is 13.2. The summed E-state index contributed by atoms with van der Waals surface area (Å²) < 4.78 is 0. The molecule has 0 saturated carbocycles. The quantitative estimate of drug-likeness (QED) is 0.498. The zero-order valence-corrected chi connectivity index (χ0v) is 9.45. The molecule has 3 N–H and O–H groups in total. The first-order valence-electron chi connectivity index (χ1n) is 4.50. The van der Waals surface area contributed by atoms with Crippen molar-refractivity contribution in [2.75, 3.05) is 14.1 Å². The van der Waals surface area contributed by atoms with Gasteiger partial charge in [0.05, 0.1) is 11.7 Å². The van der Waals surface area contributed by atoms with Crippen molar-refractivity contribution < 1.29 is 4.79 Å². The van der Waals surface area contributed by atoms with Crippen molar-refractivity contribution in [1.82, 2.24) is 10.2 Å². The van der Waals surface area contributed by atoms with Crippen molar-refractivity contribution in [3.05, 3.63) is 24.2 Å². The molecule has 5 heteroatoms. The Balaban J connectivity index is 4.87. The van der Waals surface area contributed by atoms with E-state index >= 15 is 0 Å². The van der Waals surface area contributed by atoms with E-state index in [9.17, 15) is 4.79 Å². The lowest BCUT2D eigenvalue weighted by atomic mass is 10.2. The van der Waals surface area contributed by atoms with E-state index in [-0.39, 0.29) is 11.9 Å². The van der Waals surface area contributed by atoms with E-state index in [2.05, 4.69) is 23.6 Å². The predicted molar refractivity (Wildman–Crippen MR) is 62.3 cm³/mol. The highest BCUT2D eigenvalue weighted by Gasteiger charge is 2.15. The topological polar surface area (TPSA) is 70.7 Å². The van der Waals surface area contributed by atoms with Gasteiger partial charge in [0.15, 0.2) is 0 Å². The third kappa shape index (κ3) is 3.84. The molecule has 0 bridgehead atoms. The van der Waals surface area contributed by atoms with Crippen LogP contribution >= 0.6 is 0 Å². The Morgan fingerprint density at radius 3 is 2.47 bits per heavy atom. The van der Waals surface area contributed by atoms with Crippen molar-refractivity contribution in [3.8, 4) is 0 Å². The van der Waals surface area contributed by atoms with Gasteiger partial charge in [-0.25, -0.2) is 4.99 Å². The summed E-state index contributed by atoms with van der Waals surface area (Å²) in [6, 6.07) is -0.240. The molecule has 0 radical (unpaired) electrons. The Hall–Kier alpha value is -1.78. The number of carbonyl (C=O) groups excluding carboxylic acids is 1. The van der Waals surface area contributed by atoms with Gasteiger partial charge in [-0.05, 0) is 19.7 Å². The van der Waals surface area contributed by atoms with Crippen LogP contribution in [0.2, 0.25) is 0 Å². The number of hydrogen-bond donors (Lipinski definition) is 2. The lowest BCUT2D eigenvalue weighted by Gasteiger charge is -2.24. The summed E-state index contributed by atoms with van der Waals surface area (Å²) in [5.74, 6) is 0.0515. The highest BCUT2D eigenvalue weighted by Crippen LogP contribution is 2.09.